The molecule has 3 rings (SSSR count). The van der Waals surface area contributed by atoms with E-state index >= 15 is 0 Å². The normalized spacial score (nSPS) is 14.5. The minimum Gasteiger partial charge on any atom is -0.508 e. The van der Waals surface area contributed by atoms with Crippen LogP contribution in [-0.4, -0.2) is 17.6 Å². The van der Waals surface area contributed by atoms with Crippen molar-refractivity contribution in [2.75, 3.05) is 16.8 Å². The smallest absolute Gasteiger partial charge is 0.227 e. The van der Waals surface area contributed by atoms with E-state index in [2.05, 4.69) is 5.32 Å². The molecular formula is C17H18N2O2. The van der Waals surface area contributed by atoms with Crippen LogP contribution in [0.5, 0.6) is 5.75 Å². The van der Waals surface area contributed by atoms with Gasteiger partial charge in [0.25, 0.3) is 0 Å². The van der Waals surface area contributed by atoms with Crippen molar-refractivity contribution < 1.29 is 9.90 Å². The summed E-state index contributed by atoms with van der Waals surface area (Å²) in [6, 6.07) is 15.1. The molecule has 4 nitrogen and oxygen atoms in total. The first-order valence-corrected chi connectivity index (χ1v) is 7.14. The van der Waals surface area contributed by atoms with Crippen LogP contribution in [0.4, 0.5) is 11.4 Å². The fourth-order valence-electron chi connectivity index (χ4n) is 2.55. The molecule has 2 aromatic carbocycles. The number of anilines is 2. The van der Waals surface area contributed by atoms with Gasteiger partial charge >= 0.3 is 0 Å². The van der Waals surface area contributed by atoms with Crippen LogP contribution < -0.4 is 10.2 Å². The molecule has 0 saturated carbocycles. The third-order valence-electron chi connectivity index (χ3n) is 3.66. The van der Waals surface area contributed by atoms with E-state index in [1.54, 1.807) is 12.1 Å². The highest BCUT2D eigenvalue weighted by Gasteiger charge is 2.21. The highest BCUT2D eigenvalue weighted by atomic mass is 16.3. The fraction of sp³-hybridized carbons (Fsp3) is 0.235. The Kier molecular flexibility index (Phi) is 3.77. The predicted octanol–water partition coefficient (Wildman–Crippen LogP) is 3.13. The van der Waals surface area contributed by atoms with Crippen molar-refractivity contribution in [1.82, 2.24) is 0 Å². The van der Waals surface area contributed by atoms with Crippen molar-refractivity contribution in [1.29, 1.82) is 0 Å². The van der Waals surface area contributed by atoms with Gasteiger partial charge in [0.05, 0.1) is 0 Å². The Labute approximate surface area is 124 Å². The topological polar surface area (TPSA) is 52.6 Å². The van der Waals surface area contributed by atoms with Crippen molar-refractivity contribution in [3.8, 4) is 5.75 Å². The number of phenols is 1. The van der Waals surface area contributed by atoms with Crippen LogP contribution in [0.25, 0.3) is 0 Å². The first kappa shape index (κ1) is 13.5. The Morgan fingerprint density at radius 1 is 1.14 bits per heavy atom. The minimum atomic E-state index is 0.204. The number of rotatable bonds is 4. The lowest BCUT2D eigenvalue weighted by molar-refractivity contribution is -0.117. The molecule has 2 aromatic rings. The molecule has 0 aliphatic carbocycles. The number of amides is 1. The summed E-state index contributed by atoms with van der Waals surface area (Å²) in [5.74, 6) is 0.479. The van der Waals surface area contributed by atoms with Gasteiger partial charge in [0.1, 0.15) is 5.75 Å². The Hall–Kier alpha value is -2.49. The monoisotopic (exact) mass is 282 g/mol. The minimum absolute atomic E-state index is 0.204. The van der Waals surface area contributed by atoms with Crippen LogP contribution in [0.15, 0.2) is 48.5 Å². The van der Waals surface area contributed by atoms with Gasteiger partial charge in [0, 0.05) is 30.9 Å². The van der Waals surface area contributed by atoms with Gasteiger partial charge in [-0.2, -0.15) is 0 Å². The van der Waals surface area contributed by atoms with Gasteiger partial charge in [-0.3, -0.25) is 4.79 Å². The molecule has 1 amide bonds. The Morgan fingerprint density at radius 3 is 2.62 bits per heavy atom. The second-order valence-corrected chi connectivity index (χ2v) is 5.22. The maximum Gasteiger partial charge on any atom is 0.227 e. The molecule has 0 radical (unpaired) electrons. The first-order chi connectivity index (χ1) is 10.2. The number of aromatic hydroxyl groups is 1. The zero-order valence-electron chi connectivity index (χ0n) is 11.7. The quantitative estimate of drug-likeness (QED) is 0.906. The number of nitrogens with zero attached hydrogens (tertiary/aromatic N) is 1. The van der Waals surface area contributed by atoms with Crippen LogP contribution in [0.1, 0.15) is 18.4 Å². The Bertz CT molecular complexity index is 637. The Balaban J connectivity index is 1.63. The molecule has 0 spiro atoms. The van der Waals surface area contributed by atoms with E-state index in [1.165, 1.54) is 0 Å². The summed E-state index contributed by atoms with van der Waals surface area (Å²) in [5.41, 5.74) is 2.97. The molecule has 1 heterocycles. The number of carbonyl (C=O) groups excluding carboxylic acids is 1. The summed E-state index contributed by atoms with van der Waals surface area (Å²) in [7, 11) is 0. The van der Waals surface area contributed by atoms with Crippen LogP contribution >= 0.6 is 0 Å². The zero-order chi connectivity index (χ0) is 14.7. The predicted molar refractivity (Wildman–Crippen MR) is 83.5 cm³/mol. The largest absolute Gasteiger partial charge is 0.508 e. The molecular weight excluding hydrogens is 264 g/mol. The fourth-order valence-corrected chi connectivity index (χ4v) is 2.55. The van der Waals surface area contributed by atoms with E-state index < -0.39 is 0 Å². The standard InChI is InChI=1S/C17H18N2O2/c20-16-4-1-3-13(11-16)12-18-14-6-8-15(9-7-14)19-10-2-5-17(19)21/h1,3-4,6-9,11,18,20H,2,5,10,12H2. The summed E-state index contributed by atoms with van der Waals surface area (Å²) in [6.07, 6.45) is 1.59. The zero-order valence-corrected chi connectivity index (χ0v) is 11.7. The van der Waals surface area contributed by atoms with E-state index in [1.807, 2.05) is 41.3 Å². The average molecular weight is 282 g/mol. The van der Waals surface area contributed by atoms with E-state index in [0.717, 1.165) is 29.9 Å². The van der Waals surface area contributed by atoms with Gasteiger partial charge in [-0.15, -0.1) is 0 Å². The van der Waals surface area contributed by atoms with Crippen molar-refractivity contribution in [2.45, 2.75) is 19.4 Å². The molecule has 4 heteroatoms. The summed E-state index contributed by atoms with van der Waals surface area (Å²) >= 11 is 0. The number of phenolic OH excluding ortho intramolecular Hbond substituents is 1. The lowest BCUT2D eigenvalue weighted by Gasteiger charge is -2.16. The van der Waals surface area contributed by atoms with E-state index in [0.29, 0.717) is 13.0 Å². The van der Waals surface area contributed by atoms with Crippen molar-refractivity contribution in [2.24, 2.45) is 0 Å². The molecule has 0 bridgehead atoms. The van der Waals surface area contributed by atoms with E-state index in [9.17, 15) is 9.90 Å². The van der Waals surface area contributed by atoms with Gasteiger partial charge in [-0.05, 0) is 48.4 Å². The van der Waals surface area contributed by atoms with Gasteiger partial charge in [-0.25, -0.2) is 0 Å². The van der Waals surface area contributed by atoms with Crippen molar-refractivity contribution in [3.63, 3.8) is 0 Å². The molecule has 0 unspecified atom stereocenters. The second-order valence-electron chi connectivity index (χ2n) is 5.22. The maximum atomic E-state index is 11.7. The highest BCUT2D eigenvalue weighted by Crippen LogP contribution is 2.23. The van der Waals surface area contributed by atoms with Gasteiger partial charge < -0.3 is 15.3 Å². The summed E-state index contributed by atoms with van der Waals surface area (Å²) in [4.78, 5) is 13.5. The number of hydrogen-bond donors (Lipinski definition) is 2. The molecule has 1 aliphatic heterocycles. The lowest BCUT2D eigenvalue weighted by Crippen LogP contribution is -2.23. The third kappa shape index (κ3) is 3.16. The molecule has 1 saturated heterocycles. The number of nitrogens with one attached hydrogen (secondary N) is 1. The average Bonchev–Trinajstić information content (AvgIpc) is 2.92. The molecule has 0 atom stereocenters. The van der Waals surface area contributed by atoms with Crippen LogP contribution in [0, 0.1) is 0 Å². The van der Waals surface area contributed by atoms with Crippen LogP contribution in [0.3, 0.4) is 0 Å². The maximum absolute atomic E-state index is 11.7. The number of benzene rings is 2. The lowest BCUT2D eigenvalue weighted by atomic mass is 10.2. The molecule has 0 aromatic heterocycles. The molecule has 108 valence electrons. The first-order valence-electron chi connectivity index (χ1n) is 7.14. The summed E-state index contributed by atoms with van der Waals surface area (Å²) in [5, 5.41) is 12.7. The molecule has 2 N–H and O–H groups in total. The number of carbonyl (C=O) groups is 1. The summed E-state index contributed by atoms with van der Waals surface area (Å²) in [6.45, 7) is 1.46. The SMILES string of the molecule is O=C1CCCN1c1ccc(NCc2cccc(O)c2)cc1. The van der Waals surface area contributed by atoms with Crippen molar-refractivity contribution >= 4 is 17.3 Å². The van der Waals surface area contributed by atoms with Gasteiger partial charge in [-0.1, -0.05) is 12.1 Å². The third-order valence-corrected chi connectivity index (χ3v) is 3.66. The molecule has 1 aliphatic rings. The van der Waals surface area contributed by atoms with Crippen molar-refractivity contribution in [3.05, 3.63) is 54.1 Å². The Morgan fingerprint density at radius 2 is 1.95 bits per heavy atom. The van der Waals surface area contributed by atoms with E-state index in [4.69, 9.17) is 0 Å². The van der Waals surface area contributed by atoms with Gasteiger partial charge in [0.2, 0.25) is 5.91 Å². The summed E-state index contributed by atoms with van der Waals surface area (Å²) < 4.78 is 0. The highest BCUT2D eigenvalue weighted by molar-refractivity contribution is 5.95. The second kappa shape index (κ2) is 5.87. The van der Waals surface area contributed by atoms with Gasteiger partial charge in [0.15, 0.2) is 0 Å². The molecule has 1 fully saturated rings. The van der Waals surface area contributed by atoms with Crippen LogP contribution in [-0.2, 0) is 11.3 Å². The van der Waals surface area contributed by atoms with Crippen LogP contribution in [0.2, 0.25) is 0 Å². The molecule has 21 heavy (non-hydrogen) atoms. The van der Waals surface area contributed by atoms with E-state index in [-0.39, 0.29) is 11.7 Å². The number of hydrogen-bond acceptors (Lipinski definition) is 3.